The van der Waals surface area contributed by atoms with Crippen LogP contribution >= 0.6 is 0 Å². The van der Waals surface area contributed by atoms with Crippen molar-refractivity contribution in [1.82, 2.24) is 4.98 Å². The van der Waals surface area contributed by atoms with Gasteiger partial charge in [-0.05, 0) is 31.0 Å². The van der Waals surface area contributed by atoms with Crippen LogP contribution in [0.3, 0.4) is 0 Å². The van der Waals surface area contributed by atoms with Crippen LogP contribution in [0.4, 0.5) is 13.2 Å². The van der Waals surface area contributed by atoms with Crippen LogP contribution in [0.25, 0.3) is 0 Å². The average molecular weight is 265 g/mol. The van der Waals surface area contributed by atoms with Gasteiger partial charge in [0.25, 0.3) is 0 Å². The molecule has 0 unspecified atom stereocenters. The van der Waals surface area contributed by atoms with E-state index in [-0.39, 0.29) is 16.8 Å². The fourth-order valence-corrected chi connectivity index (χ4v) is 1.25. The summed E-state index contributed by atoms with van der Waals surface area (Å²) < 4.78 is 37.2. The molecule has 106 valence electrons. The molecule has 1 heterocycles. The topological polar surface area (TPSA) is 33.1 Å². The van der Waals surface area contributed by atoms with E-state index in [0.29, 0.717) is 0 Å². The third kappa shape index (κ3) is 5.49. The standard InChI is InChI=1S/C9H10F3NO.2C2H6/c1-5-3-7(4-14)6(2)8(13-5)9(10,11)12;2*1-2/h3,14H,4H2,1-2H3;2*1-2H3. The number of aliphatic hydroxyl groups excluding tert-OH is 1. The highest BCUT2D eigenvalue weighted by Gasteiger charge is 2.35. The van der Waals surface area contributed by atoms with Crippen LogP contribution in [-0.4, -0.2) is 10.1 Å². The lowest BCUT2D eigenvalue weighted by Crippen LogP contribution is -2.13. The first-order valence-electron chi connectivity index (χ1n) is 6.01. The van der Waals surface area contributed by atoms with E-state index in [1.54, 1.807) is 0 Å². The molecule has 5 heteroatoms. The largest absolute Gasteiger partial charge is 0.433 e. The Bertz CT molecular complexity index is 349. The number of alkyl halides is 3. The van der Waals surface area contributed by atoms with Crippen molar-refractivity contribution < 1.29 is 18.3 Å². The molecule has 0 spiro atoms. The minimum atomic E-state index is -4.46. The van der Waals surface area contributed by atoms with Crippen molar-refractivity contribution in [1.29, 1.82) is 0 Å². The molecular formula is C13H22F3NO. The maximum Gasteiger partial charge on any atom is 0.433 e. The van der Waals surface area contributed by atoms with Gasteiger partial charge in [-0.3, -0.25) is 0 Å². The predicted octanol–water partition coefficient (Wildman–Crippen LogP) is 4.26. The van der Waals surface area contributed by atoms with Crippen LogP contribution in [0.2, 0.25) is 0 Å². The van der Waals surface area contributed by atoms with E-state index in [4.69, 9.17) is 5.11 Å². The molecule has 0 aliphatic heterocycles. The summed E-state index contributed by atoms with van der Waals surface area (Å²) in [6.45, 7) is 10.4. The van der Waals surface area contributed by atoms with Gasteiger partial charge in [0.1, 0.15) is 5.69 Å². The summed E-state index contributed by atoms with van der Waals surface area (Å²) in [4.78, 5) is 3.42. The maximum absolute atomic E-state index is 12.4. The van der Waals surface area contributed by atoms with Crippen LogP contribution in [0.5, 0.6) is 0 Å². The van der Waals surface area contributed by atoms with Crippen LogP contribution in [0.1, 0.15) is 50.2 Å². The lowest BCUT2D eigenvalue weighted by Gasteiger charge is -2.12. The van der Waals surface area contributed by atoms with Gasteiger partial charge in [-0.1, -0.05) is 27.7 Å². The second-order valence-electron chi connectivity index (χ2n) is 3.05. The molecule has 0 aliphatic carbocycles. The Balaban J connectivity index is 0. The first-order valence-corrected chi connectivity index (χ1v) is 6.01. The molecule has 0 fully saturated rings. The van der Waals surface area contributed by atoms with E-state index < -0.39 is 18.5 Å². The molecule has 0 atom stereocenters. The molecule has 18 heavy (non-hydrogen) atoms. The van der Waals surface area contributed by atoms with E-state index in [0.717, 1.165) is 0 Å². The molecule has 0 aromatic carbocycles. The summed E-state index contributed by atoms with van der Waals surface area (Å²) >= 11 is 0. The summed E-state index contributed by atoms with van der Waals surface area (Å²) in [6, 6.07) is 1.45. The predicted molar refractivity (Wildman–Crippen MR) is 67.3 cm³/mol. The zero-order valence-corrected chi connectivity index (χ0v) is 11.8. The van der Waals surface area contributed by atoms with Gasteiger partial charge < -0.3 is 5.11 Å². The van der Waals surface area contributed by atoms with Crippen molar-refractivity contribution in [3.05, 3.63) is 28.6 Å². The smallest absolute Gasteiger partial charge is 0.392 e. The molecule has 1 N–H and O–H groups in total. The Kier molecular flexibility index (Phi) is 9.53. The number of rotatable bonds is 1. The van der Waals surface area contributed by atoms with Gasteiger partial charge in [0.05, 0.1) is 6.61 Å². The minimum Gasteiger partial charge on any atom is -0.392 e. The van der Waals surface area contributed by atoms with Gasteiger partial charge in [0.15, 0.2) is 0 Å². The van der Waals surface area contributed by atoms with Crippen LogP contribution in [0.15, 0.2) is 6.07 Å². The molecule has 1 rings (SSSR count). The Labute approximate surface area is 107 Å². The van der Waals surface area contributed by atoms with Crippen molar-refractivity contribution in [2.75, 3.05) is 0 Å². The van der Waals surface area contributed by atoms with E-state index in [9.17, 15) is 13.2 Å². The average Bonchev–Trinajstić information content (AvgIpc) is 2.35. The summed E-state index contributed by atoms with van der Waals surface area (Å²) in [5.41, 5.74) is -0.399. The quantitative estimate of drug-likeness (QED) is 0.823. The molecule has 0 aliphatic rings. The van der Waals surface area contributed by atoms with E-state index in [1.165, 1.54) is 19.9 Å². The highest BCUT2D eigenvalue weighted by molar-refractivity contribution is 5.32. The van der Waals surface area contributed by atoms with Gasteiger partial charge in [-0.25, -0.2) is 4.98 Å². The first kappa shape index (κ1) is 19.2. The Morgan fingerprint density at radius 3 is 1.89 bits per heavy atom. The Morgan fingerprint density at radius 1 is 1.11 bits per heavy atom. The number of hydrogen-bond acceptors (Lipinski definition) is 2. The maximum atomic E-state index is 12.4. The SMILES string of the molecule is CC.CC.Cc1cc(CO)c(C)c(C(F)(F)F)n1. The van der Waals surface area contributed by atoms with Crippen molar-refractivity contribution in [2.24, 2.45) is 0 Å². The van der Waals surface area contributed by atoms with Crippen LogP contribution < -0.4 is 0 Å². The summed E-state index contributed by atoms with van der Waals surface area (Å²) in [6.07, 6.45) is -4.46. The van der Waals surface area contributed by atoms with Gasteiger partial charge in [-0.15, -0.1) is 0 Å². The monoisotopic (exact) mass is 265 g/mol. The third-order valence-electron chi connectivity index (χ3n) is 1.95. The van der Waals surface area contributed by atoms with Crippen molar-refractivity contribution in [3.8, 4) is 0 Å². The van der Waals surface area contributed by atoms with Crippen molar-refractivity contribution in [2.45, 2.75) is 54.3 Å². The Hall–Kier alpha value is -1.10. The van der Waals surface area contributed by atoms with E-state index in [2.05, 4.69) is 4.98 Å². The number of pyridine rings is 1. The highest BCUT2D eigenvalue weighted by Crippen LogP contribution is 2.31. The third-order valence-corrected chi connectivity index (χ3v) is 1.95. The zero-order chi connectivity index (χ0) is 14.9. The first-order chi connectivity index (χ1) is 8.36. The molecule has 0 saturated heterocycles. The van der Waals surface area contributed by atoms with Crippen molar-refractivity contribution >= 4 is 0 Å². The normalized spacial score (nSPS) is 9.89. The van der Waals surface area contributed by atoms with Gasteiger partial charge in [0, 0.05) is 5.69 Å². The molecular weight excluding hydrogens is 243 g/mol. The van der Waals surface area contributed by atoms with Crippen molar-refractivity contribution in [3.63, 3.8) is 0 Å². The number of aryl methyl sites for hydroxylation is 1. The number of hydrogen-bond donors (Lipinski definition) is 1. The molecule has 0 radical (unpaired) electrons. The minimum absolute atomic E-state index is 0.00870. The van der Waals surface area contributed by atoms with Gasteiger partial charge >= 0.3 is 6.18 Å². The van der Waals surface area contributed by atoms with Crippen LogP contribution in [-0.2, 0) is 12.8 Å². The number of aromatic nitrogens is 1. The second-order valence-corrected chi connectivity index (χ2v) is 3.05. The molecule has 0 amide bonds. The molecule has 0 saturated carbocycles. The van der Waals surface area contributed by atoms with Gasteiger partial charge in [0.2, 0.25) is 0 Å². The summed E-state index contributed by atoms with van der Waals surface area (Å²) in [7, 11) is 0. The molecule has 1 aromatic heterocycles. The number of aliphatic hydroxyl groups is 1. The second kappa shape index (κ2) is 8.91. The fourth-order valence-electron chi connectivity index (χ4n) is 1.25. The Morgan fingerprint density at radius 2 is 1.56 bits per heavy atom. The fraction of sp³-hybridized carbons (Fsp3) is 0.615. The molecule has 1 aromatic rings. The highest BCUT2D eigenvalue weighted by atomic mass is 19.4. The lowest BCUT2D eigenvalue weighted by molar-refractivity contribution is -0.141. The number of halogens is 3. The van der Waals surface area contributed by atoms with E-state index in [1.807, 2.05) is 27.7 Å². The molecule has 2 nitrogen and oxygen atoms in total. The summed E-state index contributed by atoms with van der Waals surface area (Å²) in [5, 5.41) is 8.84. The van der Waals surface area contributed by atoms with Crippen LogP contribution in [0, 0.1) is 13.8 Å². The zero-order valence-electron chi connectivity index (χ0n) is 11.8. The van der Waals surface area contributed by atoms with Gasteiger partial charge in [-0.2, -0.15) is 13.2 Å². The summed E-state index contributed by atoms with van der Waals surface area (Å²) in [5.74, 6) is 0. The van der Waals surface area contributed by atoms with E-state index >= 15 is 0 Å². The lowest BCUT2D eigenvalue weighted by atomic mass is 10.1. The molecule has 0 bridgehead atoms. The number of nitrogens with zero attached hydrogens (tertiary/aromatic N) is 1.